The van der Waals surface area contributed by atoms with Gasteiger partial charge in [0.05, 0.1) is 18.8 Å². The molecule has 1 fully saturated rings. The highest BCUT2D eigenvalue weighted by molar-refractivity contribution is 5.94. The number of nitrogens with one attached hydrogen (secondary N) is 1. The van der Waals surface area contributed by atoms with Gasteiger partial charge in [0, 0.05) is 30.3 Å². The lowest BCUT2D eigenvalue weighted by Gasteiger charge is -2.22. The molecule has 150 valence electrons. The number of aromatic nitrogens is 3. The van der Waals surface area contributed by atoms with Crippen LogP contribution < -0.4 is 5.48 Å². The summed E-state index contributed by atoms with van der Waals surface area (Å²) in [4.78, 5) is 13.9. The molecule has 2 aromatic carbocycles. The van der Waals surface area contributed by atoms with Gasteiger partial charge in [0.15, 0.2) is 0 Å². The van der Waals surface area contributed by atoms with Gasteiger partial charge in [0.2, 0.25) is 0 Å². The molecule has 29 heavy (non-hydrogen) atoms. The Hall–Kier alpha value is -3.07. The molecule has 0 unspecified atom stereocenters. The summed E-state index contributed by atoms with van der Waals surface area (Å²) >= 11 is 0. The number of aliphatic hydroxyl groups excluding tert-OH is 1. The topological polar surface area (TPSA) is 104 Å². The van der Waals surface area contributed by atoms with Crippen LogP contribution in [0.5, 0.6) is 0 Å². The Labute approximate surface area is 168 Å². The van der Waals surface area contributed by atoms with Crippen LogP contribution in [0.3, 0.4) is 0 Å². The minimum absolute atomic E-state index is 0.0736. The Balaban J connectivity index is 1.50. The molecule has 1 aliphatic rings. The lowest BCUT2D eigenvalue weighted by Crippen LogP contribution is -2.31. The van der Waals surface area contributed by atoms with Crippen molar-refractivity contribution in [2.24, 2.45) is 0 Å². The third-order valence-electron chi connectivity index (χ3n) is 5.35. The molecule has 3 aromatic rings. The van der Waals surface area contributed by atoms with Crippen LogP contribution in [-0.4, -0.2) is 55.3 Å². The van der Waals surface area contributed by atoms with Gasteiger partial charge in [-0.25, -0.2) is 10.2 Å². The summed E-state index contributed by atoms with van der Waals surface area (Å²) in [7, 11) is 0. The van der Waals surface area contributed by atoms with Crippen LogP contribution in [0.25, 0.3) is 11.3 Å². The highest BCUT2D eigenvalue weighted by atomic mass is 16.5. The zero-order valence-electron chi connectivity index (χ0n) is 15.8. The highest BCUT2D eigenvalue weighted by Gasteiger charge is 2.33. The highest BCUT2D eigenvalue weighted by Crippen LogP contribution is 2.29. The first kappa shape index (κ1) is 19.3. The Morgan fingerprint density at radius 3 is 2.76 bits per heavy atom. The van der Waals surface area contributed by atoms with Crippen LogP contribution in [-0.2, 0) is 6.54 Å². The molecule has 2 heterocycles. The number of hydrogen-bond donors (Lipinski definition) is 3. The van der Waals surface area contributed by atoms with Crippen molar-refractivity contribution in [3.63, 3.8) is 0 Å². The van der Waals surface area contributed by atoms with E-state index in [4.69, 9.17) is 5.21 Å². The first-order chi connectivity index (χ1) is 14.2. The molecule has 4 rings (SSSR count). The van der Waals surface area contributed by atoms with Crippen LogP contribution in [0.15, 0.2) is 60.8 Å². The van der Waals surface area contributed by atoms with E-state index in [1.54, 1.807) is 23.7 Å². The van der Waals surface area contributed by atoms with Crippen molar-refractivity contribution in [2.45, 2.75) is 25.0 Å². The van der Waals surface area contributed by atoms with Gasteiger partial charge in [-0.3, -0.25) is 14.9 Å². The fourth-order valence-electron chi connectivity index (χ4n) is 3.82. The van der Waals surface area contributed by atoms with E-state index in [2.05, 4.69) is 27.3 Å². The number of hydrogen-bond acceptors (Lipinski definition) is 6. The molecule has 8 heteroatoms. The van der Waals surface area contributed by atoms with E-state index < -0.39 is 5.91 Å². The lowest BCUT2D eigenvalue weighted by molar-refractivity contribution is 0.0706. The van der Waals surface area contributed by atoms with Crippen molar-refractivity contribution in [1.82, 2.24) is 25.4 Å². The van der Waals surface area contributed by atoms with Crippen LogP contribution >= 0.6 is 0 Å². The Bertz CT molecular complexity index is 975. The number of carbonyl (C=O) groups is 1. The third-order valence-corrected chi connectivity index (χ3v) is 5.35. The van der Waals surface area contributed by atoms with Crippen molar-refractivity contribution in [3.8, 4) is 11.3 Å². The smallest absolute Gasteiger partial charge is 0.274 e. The van der Waals surface area contributed by atoms with Gasteiger partial charge in [0.1, 0.15) is 5.69 Å². The number of rotatable bonds is 6. The van der Waals surface area contributed by atoms with Gasteiger partial charge in [-0.1, -0.05) is 47.7 Å². The standard InChI is InChI=1S/C21H23N5O3/c27-14-19-10-18(12-25(19)11-15-5-2-1-3-6-15)26-13-20(22-24-26)16-7-4-8-17(9-16)21(28)23-29/h1-9,13,18-19,27,29H,10-12,14H2,(H,23,28)/t18-,19+/m1/s1. The van der Waals surface area contributed by atoms with Crippen LogP contribution in [0, 0.1) is 0 Å². The summed E-state index contributed by atoms with van der Waals surface area (Å²) in [6, 6.07) is 17.2. The molecule has 1 aliphatic heterocycles. The monoisotopic (exact) mass is 393 g/mol. The Kier molecular flexibility index (Phi) is 5.66. The number of amides is 1. The van der Waals surface area contributed by atoms with Gasteiger partial charge in [-0.05, 0) is 24.1 Å². The van der Waals surface area contributed by atoms with E-state index in [0.29, 0.717) is 11.3 Å². The largest absolute Gasteiger partial charge is 0.395 e. The van der Waals surface area contributed by atoms with Gasteiger partial charge in [-0.15, -0.1) is 5.10 Å². The first-order valence-corrected chi connectivity index (χ1v) is 9.53. The maximum absolute atomic E-state index is 11.6. The second-order valence-corrected chi connectivity index (χ2v) is 7.25. The SMILES string of the molecule is O=C(NO)c1cccc(-c2cn([C@@H]3C[C@@H](CO)N(Cc4ccccc4)C3)nn2)c1. The first-order valence-electron chi connectivity index (χ1n) is 9.53. The maximum atomic E-state index is 11.6. The number of nitrogens with zero attached hydrogens (tertiary/aromatic N) is 4. The minimum atomic E-state index is -0.572. The van der Waals surface area contributed by atoms with Gasteiger partial charge < -0.3 is 5.11 Å². The molecular formula is C21H23N5O3. The predicted octanol–water partition coefficient (Wildman–Crippen LogP) is 1.87. The fourth-order valence-corrected chi connectivity index (χ4v) is 3.82. The fraction of sp³-hybridized carbons (Fsp3) is 0.286. The summed E-state index contributed by atoms with van der Waals surface area (Å²) in [6.45, 7) is 1.65. The summed E-state index contributed by atoms with van der Waals surface area (Å²) in [5.74, 6) is -0.572. The summed E-state index contributed by atoms with van der Waals surface area (Å²) in [5, 5.41) is 27.2. The van der Waals surface area contributed by atoms with Crippen molar-refractivity contribution < 1.29 is 15.1 Å². The average molecular weight is 393 g/mol. The molecule has 0 spiro atoms. The van der Waals surface area contributed by atoms with E-state index in [0.717, 1.165) is 25.1 Å². The number of carbonyl (C=O) groups excluding carboxylic acids is 1. The number of likely N-dealkylation sites (tertiary alicyclic amines) is 1. The minimum Gasteiger partial charge on any atom is -0.395 e. The maximum Gasteiger partial charge on any atom is 0.274 e. The van der Waals surface area contributed by atoms with Gasteiger partial charge in [0.25, 0.3) is 5.91 Å². The van der Waals surface area contributed by atoms with Crippen LogP contribution in [0.1, 0.15) is 28.4 Å². The molecule has 1 aromatic heterocycles. The molecular weight excluding hydrogens is 370 g/mol. The van der Waals surface area contributed by atoms with Crippen LogP contribution in [0.4, 0.5) is 0 Å². The molecule has 1 saturated heterocycles. The van der Waals surface area contributed by atoms with Crippen molar-refractivity contribution in [1.29, 1.82) is 0 Å². The number of aliphatic hydroxyl groups is 1. The van der Waals surface area contributed by atoms with Crippen molar-refractivity contribution in [3.05, 3.63) is 71.9 Å². The molecule has 0 radical (unpaired) electrons. The predicted molar refractivity (Wildman–Crippen MR) is 106 cm³/mol. The molecule has 0 bridgehead atoms. The lowest BCUT2D eigenvalue weighted by atomic mass is 10.1. The molecule has 1 amide bonds. The van der Waals surface area contributed by atoms with Crippen molar-refractivity contribution in [2.75, 3.05) is 13.2 Å². The quantitative estimate of drug-likeness (QED) is 0.436. The van der Waals surface area contributed by atoms with Crippen molar-refractivity contribution >= 4 is 5.91 Å². The zero-order valence-corrected chi connectivity index (χ0v) is 15.8. The molecule has 0 aliphatic carbocycles. The van der Waals surface area contributed by atoms with Gasteiger partial charge >= 0.3 is 0 Å². The average Bonchev–Trinajstić information content (AvgIpc) is 3.41. The molecule has 3 N–H and O–H groups in total. The summed E-state index contributed by atoms with van der Waals surface area (Å²) < 4.78 is 1.84. The number of benzene rings is 2. The molecule has 8 nitrogen and oxygen atoms in total. The third kappa shape index (κ3) is 4.19. The van der Waals surface area contributed by atoms with E-state index >= 15 is 0 Å². The molecule has 0 saturated carbocycles. The second kappa shape index (κ2) is 8.52. The Morgan fingerprint density at radius 2 is 2.00 bits per heavy atom. The zero-order chi connectivity index (χ0) is 20.2. The summed E-state index contributed by atoms with van der Waals surface area (Å²) in [6.07, 6.45) is 2.65. The summed E-state index contributed by atoms with van der Waals surface area (Å²) in [5.41, 5.74) is 4.59. The van der Waals surface area contributed by atoms with Gasteiger partial charge in [-0.2, -0.15) is 0 Å². The Morgan fingerprint density at radius 1 is 1.17 bits per heavy atom. The van der Waals surface area contributed by atoms with Crippen LogP contribution in [0.2, 0.25) is 0 Å². The van der Waals surface area contributed by atoms with E-state index in [1.807, 2.05) is 35.1 Å². The van der Waals surface area contributed by atoms with E-state index in [9.17, 15) is 9.90 Å². The molecule has 2 atom stereocenters. The van der Waals surface area contributed by atoms with E-state index in [-0.39, 0.29) is 18.7 Å². The normalized spacial score (nSPS) is 19.4. The van der Waals surface area contributed by atoms with E-state index in [1.165, 1.54) is 5.56 Å². The number of hydroxylamine groups is 1. The second-order valence-electron chi connectivity index (χ2n) is 7.25.